The minimum atomic E-state index is -1.15. The molecule has 0 fully saturated rings. The summed E-state index contributed by atoms with van der Waals surface area (Å²) >= 11 is 0. The largest absolute Gasteiger partial charge is 0.383 e. The van der Waals surface area contributed by atoms with E-state index in [0.717, 1.165) is 11.9 Å². The minimum absolute atomic E-state index is 0.340. The van der Waals surface area contributed by atoms with E-state index in [1.165, 1.54) is 12.1 Å². The molecule has 5 heteroatoms. The van der Waals surface area contributed by atoms with Crippen molar-refractivity contribution in [1.29, 1.82) is 0 Å². The first kappa shape index (κ1) is 11.7. The van der Waals surface area contributed by atoms with Crippen LogP contribution in [0.4, 0.5) is 4.39 Å². The summed E-state index contributed by atoms with van der Waals surface area (Å²) in [4.78, 5) is 3.89. The van der Waals surface area contributed by atoms with Crippen LogP contribution >= 0.6 is 0 Å². The molecule has 17 heavy (non-hydrogen) atoms. The van der Waals surface area contributed by atoms with Gasteiger partial charge in [0.05, 0.1) is 17.6 Å². The zero-order valence-corrected chi connectivity index (χ0v) is 9.76. The lowest BCUT2D eigenvalue weighted by Gasteiger charge is -2.21. The molecule has 0 amide bonds. The third kappa shape index (κ3) is 2.68. The first-order chi connectivity index (χ1) is 7.97. The van der Waals surface area contributed by atoms with Gasteiger partial charge < -0.3 is 5.11 Å². The standard InChI is InChI=1S/C12H14FN3O/c1-12(17,7-10-5-6-16(2)15-10)11-4-3-9(13)8-14-11/h3-6,8,17H,7H2,1-2H3. The van der Waals surface area contributed by atoms with E-state index in [0.29, 0.717) is 12.1 Å². The van der Waals surface area contributed by atoms with Crippen molar-refractivity contribution in [2.45, 2.75) is 18.9 Å². The molecule has 90 valence electrons. The molecule has 1 unspecified atom stereocenters. The van der Waals surface area contributed by atoms with Crippen molar-refractivity contribution in [1.82, 2.24) is 14.8 Å². The molecular formula is C12H14FN3O. The fourth-order valence-corrected chi connectivity index (χ4v) is 1.70. The van der Waals surface area contributed by atoms with Gasteiger partial charge in [0.25, 0.3) is 0 Å². The Hall–Kier alpha value is -1.75. The summed E-state index contributed by atoms with van der Waals surface area (Å²) in [6.45, 7) is 1.64. The smallest absolute Gasteiger partial charge is 0.141 e. The van der Waals surface area contributed by atoms with Crippen LogP contribution in [0.15, 0.2) is 30.6 Å². The molecule has 0 spiro atoms. The van der Waals surface area contributed by atoms with Gasteiger partial charge in [0.2, 0.25) is 0 Å². The molecule has 0 aliphatic rings. The Morgan fingerprint density at radius 3 is 2.71 bits per heavy atom. The normalized spacial score (nSPS) is 14.6. The zero-order chi connectivity index (χ0) is 12.5. The summed E-state index contributed by atoms with van der Waals surface area (Å²) in [5, 5.41) is 14.5. The van der Waals surface area contributed by atoms with Gasteiger partial charge in [-0.3, -0.25) is 9.67 Å². The topological polar surface area (TPSA) is 50.9 Å². The summed E-state index contributed by atoms with van der Waals surface area (Å²) in [6.07, 6.45) is 3.25. The summed E-state index contributed by atoms with van der Waals surface area (Å²) in [5.74, 6) is -0.414. The van der Waals surface area contributed by atoms with Crippen molar-refractivity contribution < 1.29 is 9.50 Å². The second-order valence-electron chi connectivity index (χ2n) is 4.29. The Balaban J connectivity index is 2.21. The van der Waals surface area contributed by atoms with E-state index >= 15 is 0 Å². The molecule has 0 saturated heterocycles. The number of nitrogens with zero attached hydrogens (tertiary/aromatic N) is 3. The van der Waals surface area contributed by atoms with Crippen LogP contribution in [0.1, 0.15) is 18.3 Å². The second kappa shape index (κ2) is 4.25. The van der Waals surface area contributed by atoms with Gasteiger partial charge in [-0.25, -0.2) is 4.39 Å². The van der Waals surface area contributed by atoms with Crippen LogP contribution in [0.2, 0.25) is 0 Å². The molecule has 1 atom stereocenters. The quantitative estimate of drug-likeness (QED) is 0.875. The van der Waals surface area contributed by atoms with Crippen LogP contribution in [-0.4, -0.2) is 19.9 Å². The van der Waals surface area contributed by atoms with E-state index in [1.54, 1.807) is 11.6 Å². The van der Waals surface area contributed by atoms with Gasteiger partial charge in [-0.2, -0.15) is 5.10 Å². The third-order valence-corrected chi connectivity index (χ3v) is 2.57. The van der Waals surface area contributed by atoms with Crippen molar-refractivity contribution in [2.24, 2.45) is 7.05 Å². The molecule has 2 aromatic rings. The maximum Gasteiger partial charge on any atom is 0.141 e. The van der Waals surface area contributed by atoms with Gasteiger partial charge in [0.15, 0.2) is 0 Å². The SMILES string of the molecule is Cn1ccc(CC(C)(O)c2ccc(F)cn2)n1. The fraction of sp³-hybridized carbons (Fsp3) is 0.333. The fourth-order valence-electron chi connectivity index (χ4n) is 1.70. The third-order valence-electron chi connectivity index (χ3n) is 2.57. The molecule has 4 nitrogen and oxygen atoms in total. The molecule has 0 saturated carbocycles. The highest BCUT2D eigenvalue weighted by molar-refractivity contribution is 5.16. The predicted molar refractivity (Wildman–Crippen MR) is 60.7 cm³/mol. The van der Waals surface area contributed by atoms with Gasteiger partial charge in [-0.15, -0.1) is 0 Å². The summed E-state index contributed by atoms with van der Waals surface area (Å²) in [6, 6.07) is 4.60. The molecule has 1 N–H and O–H groups in total. The number of hydrogen-bond acceptors (Lipinski definition) is 3. The lowest BCUT2D eigenvalue weighted by atomic mass is 9.96. The van der Waals surface area contributed by atoms with Crippen LogP contribution in [0.5, 0.6) is 0 Å². The van der Waals surface area contributed by atoms with Gasteiger partial charge in [-0.05, 0) is 25.1 Å². The molecule has 2 heterocycles. The van der Waals surface area contributed by atoms with Crippen LogP contribution in [0.25, 0.3) is 0 Å². The number of pyridine rings is 1. The molecule has 0 aliphatic heterocycles. The maximum atomic E-state index is 12.7. The van der Waals surface area contributed by atoms with Gasteiger partial charge in [0, 0.05) is 19.7 Å². The number of aromatic nitrogens is 3. The van der Waals surface area contributed by atoms with E-state index < -0.39 is 11.4 Å². The summed E-state index contributed by atoms with van der Waals surface area (Å²) < 4.78 is 14.4. The minimum Gasteiger partial charge on any atom is -0.383 e. The monoisotopic (exact) mass is 235 g/mol. The Bertz CT molecular complexity index is 505. The van der Waals surface area contributed by atoms with Crippen molar-refractivity contribution in [3.63, 3.8) is 0 Å². The summed E-state index contributed by atoms with van der Waals surface area (Å²) in [7, 11) is 1.81. The number of rotatable bonds is 3. The lowest BCUT2D eigenvalue weighted by molar-refractivity contribution is 0.0517. The molecule has 0 aromatic carbocycles. The highest BCUT2D eigenvalue weighted by atomic mass is 19.1. The Morgan fingerprint density at radius 2 is 2.18 bits per heavy atom. The van der Waals surface area contributed by atoms with Crippen LogP contribution in [0.3, 0.4) is 0 Å². The van der Waals surface area contributed by atoms with E-state index in [-0.39, 0.29) is 0 Å². The van der Waals surface area contributed by atoms with Crippen LogP contribution in [-0.2, 0) is 19.1 Å². The molecular weight excluding hydrogens is 221 g/mol. The van der Waals surface area contributed by atoms with Gasteiger partial charge in [-0.1, -0.05) is 0 Å². The molecule has 0 bridgehead atoms. The average molecular weight is 235 g/mol. The van der Waals surface area contributed by atoms with Gasteiger partial charge in [0.1, 0.15) is 11.4 Å². The van der Waals surface area contributed by atoms with E-state index in [1.807, 2.05) is 19.3 Å². The predicted octanol–water partition coefficient (Wildman–Crippen LogP) is 1.40. The zero-order valence-electron chi connectivity index (χ0n) is 9.76. The number of aryl methyl sites for hydroxylation is 1. The average Bonchev–Trinajstić information content (AvgIpc) is 2.63. The Labute approximate surface area is 98.7 Å². The number of hydrogen-bond donors (Lipinski definition) is 1. The number of halogens is 1. The van der Waals surface area contributed by atoms with Crippen LogP contribution < -0.4 is 0 Å². The van der Waals surface area contributed by atoms with Crippen molar-refractivity contribution >= 4 is 0 Å². The molecule has 2 aromatic heterocycles. The first-order valence-corrected chi connectivity index (χ1v) is 5.30. The molecule has 2 rings (SSSR count). The Morgan fingerprint density at radius 1 is 1.41 bits per heavy atom. The lowest BCUT2D eigenvalue weighted by Crippen LogP contribution is -2.26. The Kier molecular flexibility index (Phi) is 2.93. The van der Waals surface area contributed by atoms with E-state index in [4.69, 9.17) is 0 Å². The van der Waals surface area contributed by atoms with Crippen molar-refractivity contribution in [2.75, 3.05) is 0 Å². The van der Waals surface area contributed by atoms with Crippen molar-refractivity contribution in [3.05, 3.63) is 47.8 Å². The second-order valence-corrected chi connectivity index (χ2v) is 4.29. The first-order valence-electron chi connectivity index (χ1n) is 5.30. The molecule has 0 aliphatic carbocycles. The van der Waals surface area contributed by atoms with Crippen LogP contribution in [0, 0.1) is 5.82 Å². The highest BCUT2D eigenvalue weighted by Crippen LogP contribution is 2.22. The van der Waals surface area contributed by atoms with Crippen molar-refractivity contribution in [3.8, 4) is 0 Å². The number of aliphatic hydroxyl groups is 1. The summed E-state index contributed by atoms with van der Waals surface area (Å²) in [5.41, 5.74) is 0.0513. The molecule has 0 radical (unpaired) electrons. The van der Waals surface area contributed by atoms with E-state index in [9.17, 15) is 9.50 Å². The van der Waals surface area contributed by atoms with Gasteiger partial charge >= 0.3 is 0 Å². The maximum absolute atomic E-state index is 12.7. The van der Waals surface area contributed by atoms with E-state index in [2.05, 4.69) is 10.1 Å². The highest BCUT2D eigenvalue weighted by Gasteiger charge is 2.26.